The molecule has 1 N–H and O–H groups in total. The molecule has 0 bridgehead atoms. The van der Waals surface area contributed by atoms with Gasteiger partial charge in [-0.25, -0.2) is 9.78 Å². The summed E-state index contributed by atoms with van der Waals surface area (Å²) < 4.78 is 10.8. The molecule has 2 aromatic rings. The number of aryl methyl sites for hydroxylation is 1. The number of ether oxygens (including phenoxy) is 1. The predicted octanol–water partition coefficient (Wildman–Crippen LogP) is 2.89. The summed E-state index contributed by atoms with van der Waals surface area (Å²) in [5, 5.41) is 9.96. The summed E-state index contributed by atoms with van der Waals surface area (Å²) in [5.41, 5.74) is 0.665. The number of carboxylic acids is 1. The van der Waals surface area contributed by atoms with Crippen LogP contribution >= 0.6 is 23.2 Å². The molecule has 0 saturated carbocycles. The smallest absolute Gasteiger partial charge is 0.334 e. The van der Waals surface area contributed by atoms with E-state index in [1.807, 2.05) is 0 Å². The molecule has 1 saturated heterocycles. The molecule has 1 aliphatic heterocycles. The van der Waals surface area contributed by atoms with Crippen LogP contribution in [0.5, 0.6) is 0 Å². The highest BCUT2D eigenvalue weighted by Crippen LogP contribution is 2.30. The van der Waals surface area contributed by atoms with E-state index in [4.69, 9.17) is 37.5 Å². The normalized spacial score (nSPS) is 17.3. The Morgan fingerprint density at radius 1 is 1.35 bits per heavy atom. The molecule has 1 atom stereocenters. The van der Waals surface area contributed by atoms with E-state index in [1.54, 1.807) is 24.4 Å². The van der Waals surface area contributed by atoms with Crippen molar-refractivity contribution in [3.8, 4) is 11.3 Å². The van der Waals surface area contributed by atoms with Crippen molar-refractivity contribution in [2.24, 2.45) is 0 Å². The topological polar surface area (TPSA) is 92.9 Å². The first-order chi connectivity index (χ1) is 12.4. The number of morpholine rings is 1. The van der Waals surface area contributed by atoms with Crippen LogP contribution in [0.15, 0.2) is 28.8 Å². The second-order valence-electron chi connectivity index (χ2n) is 5.78. The molecule has 26 heavy (non-hydrogen) atoms. The number of carbonyl (C=O) groups is 2. The van der Waals surface area contributed by atoms with Gasteiger partial charge in [-0.1, -0.05) is 23.2 Å². The molecule has 0 radical (unpaired) electrons. The molecule has 0 spiro atoms. The lowest BCUT2D eigenvalue weighted by molar-refractivity contribution is -0.159. The third-order valence-corrected chi connectivity index (χ3v) is 4.55. The second-order valence-corrected chi connectivity index (χ2v) is 6.62. The monoisotopic (exact) mass is 398 g/mol. The lowest BCUT2D eigenvalue weighted by Crippen LogP contribution is -2.48. The SMILES string of the molecule is O=C(O)[C@@H]1CN(C(=O)CCc2ncc(-c3ccc(Cl)cc3Cl)o2)CCO1. The Bertz CT molecular complexity index is 823. The molecule has 1 aliphatic rings. The Labute approximate surface area is 159 Å². The number of aliphatic carboxylic acids is 1. The Kier molecular flexibility index (Phi) is 5.80. The number of rotatable bonds is 5. The maximum absolute atomic E-state index is 12.3. The van der Waals surface area contributed by atoms with E-state index in [9.17, 15) is 9.59 Å². The Morgan fingerprint density at radius 3 is 2.88 bits per heavy atom. The first kappa shape index (κ1) is 18.7. The first-order valence-corrected chi connectivity index (χ1v) is 8.72. The molecule has 138 valence electrons. The van der Waals surface area contributed by atoms with Gasteiger partial charge < -0.3 is 19.2 Å². The standard InChI is InChI=1S/C17H16Cl2N2O5/c18-10-1-2-11(12(19)7-10)13-8-20-15(26-13)3-4-16(22)21-5-6-25-14(9-21)17(23)24/h1-2,7-8,14H,3-6,9H2,(H,23,24)/t14-/m0/s1. The number of benzene rings is 1. The van der Waals surface area contributed by atoms with Gasteiger partial charge in [0.05, 0.1) is 24.4 Å². The summed E-state index contributed by atoms with van der Waals surface area (Å²) >= 11 is 12.0. The zero-order valence-electron chi connectivity index (χ0n) is 13.7. The van der Waals surface area contributed by atoms with Crippen LogP contribution in [0.3, 0.4) is 0 Å². The van der Waals surface area contributed by atoms with E-state index in [0.717, 1.165) is 0 Å². The van der Waals surface area contributed by atoms with E-state index in [0.29, 0.717) is 40.2 Å². The van der Waals surface area contributed by atoms with Gasteiger partial charge in [0.2, 0.25) is 5.91 Å². The van der Waals surface area contributed by atoms with Crippen LogP contribution in [0.4, 0.5) is 0 Å². The Balaban J connectivity index is 1.59. The molecule has 1 fully saturated rings. The van der Waals surface area contributed by atoms with Gasteiger partial charge in [-0.15, -0.1) is 0 Å². The van der Waals surface area contributed by atoms with Gasteiger partial charge >= 0.3 is 5.97 Å². The van der Waals surface area contributed by atoms with Crippen LogP contribution < -0.4 is 0 Å². The maximum atomic E-state index is 12.3. The van der Waals surface area contributed by atoms with Gasteiger partial charge in [-0.2, -0.15) is 0 Å². The molecule has 0 aliphatic carbocycles. The van der Waals surface area contributed by atoms with Crippen molar-refractivity contribution in [3.05, 3.63) is 40.3 Å². The number of carbonyl (C=O) groups excluding carboxylic acids is 1. The number of nitrogens with zero attached hydrogens (tertiary/aromatic N) is 2. The minimum Gasteiger partial charge on any atom is -0.479 e. The highest BCUT2D eigenvalue weighted by atomic mass is 35.5. The van der Waals surface area contributed by atoms with Crippen molar-refractivity contribution >= 4 is 35.1 Å². The zero-order chi connectivity index (χ0) is 18.7. The fourth-order valence-electron chi connectivity index (χ4n) is 2.64. The number of amides is 1. The van der Waals surface area contributed by atoms with Crippen molar-refractivity contribution in [3.63, 3.8) is 0 Å². The number of carboxylic acid groups (broad SMARTS) is 1. The van der Waals surface area contributed by atoms with Crippen molar-refractivity contribution in [1.29, 1.82) is 0 Å². The quantitative estimate of drug-likeness (QED) is 0.831. The van der Waals surface area contributed by atoms with E-state index in [-0.39, 0.29) is 25.5 Å². The minimum absolute atomic E-state index is 0.0470. The molecule has 0 unspecified atom stereocenters. The van der Waals surface area contributed by atoms with Crippen molar-refractivity contribution in [2.45, 2.75) is 18.9 Å². The zero-order valence-corrected chi connectivity index (χ0v) is 15.2. The molecular weight excluding hydrogens is 383 g/mol. The molecule has 1 amide bonds. The summed E-state index contributed by atoms with van der Waals surface area (Å²) in [6.07, 6.45) is 1.04. The van der Waals surface area contributed by atoms with Crippen LogP contribution in [0.2, 0.25) is 10.0 Å². The summed E-state index contributed by atoms with van der Waals surface area (Å²) in [4.78, 5) is 28.9. The van der Waals surface area contributed by atoms with E-state index in [2.05, 4.69) is 4.98 Å². The largest absolute Gasteiger partial charge is 0.479 e. The van der Waals surface area contributed by atoms with Crippen LogP contribution in [0.25, 0.3) is 11.3 Å². The number of hydrogen-bond donors (Lipinski definition) is 1. The van der Waals surface area contributed by atoms with Crippen LogP contribution in [-0.4, -0.2) is 52.7 Å². The molecule has 9 heteroatoms. The number of halogens is 2. The third kappa shape index (κ3) is 4.35. The fourth-order valence-corrected chi connectivity index (χ4v) is 3.14. The second kappa shape index (κ2) is 8.07. The van der Waals surface area contributed by atoms with Crippen molar-refractivity contribution in [1.82, 2.24) is 9.88 Å². The van der Waals surface area contributed by atoms with E-state index < -0.39 is 12.1 Å². The molecule has 3 rings (SSSR count). The summed E-state index contributed by atoms with van der Waals surface area (Å²) in [6.45, 7) is 0.631. The van der Waals surface area contributed by atoms with Crippen LogP contribution in [0, 0.1) is 0 Å². The predicted molar refractivity (Wildman–Crippen MR) is 94.2 cm³/mol. The molecular formula is C17H16Cl2N2O5. The highest BCUT2D eigenvalue weighted by Gasteiger charge is 2.28. The van der Waals surface area contributed by atoms with Gasteiger partial charge in [-0.05, 0) is 18.2 Å². The number of hydrogen-bond acceptors (Lipinski definition) is 5. The van der Waals surface area contributed by atoms with Gasteiger partial charge in [-0.3, -0.25) is 4.79 Å². The number of aromatic nitrogens is 1. The molecule has 1 aromatic carbocycles. The van der Waals surface area contributed by atoms with Crippen LogP contribution in [-0.2, 0) is 20.7 Å². The Hall–Kier alpha value is -2.09. The average molecular weight is 399 g/mol. The first-order valence-electron chi connectivity index (χ1n) is 7.96. The molecule has 1 aromatic heterocycles. The summed E-state index contributed by atoms with van der Waals surface area (Å²) in [6, 6.07) is 5.05. The highest BCUT2D eigenvalue weighted by molar-refractivity contribution is 6.36. The van der Waals surface area contributed by atoms with Gasteiger partial charge in [0.25, 0.3) is 0 Å². The summed E-state index contributed by atoms with van der Waals surface area (Å²) in [7, 11) is 0. The van der Waals surface area contributed by atoms with Crippen molar-refractivity contribution in [2.75, 3.05) is 19.7 Å². The van der Waals surface area contributed by atoms with Gasteiger partial charge in [0.1, 0.15) is 0 Å². The van der Waals surface area contributed by atoms with Crippen LogP contribution in [0.1, 0.15) is 12.3 Å². The summed E-state index contributed by atoms with van der Waals surface area (Å²) in [5.74, 6) is -0.336. The lowest BCUT2D eigenvalue weighted by Gasteiger charge is -2.30. The van der Waals surface area contributed by atoms with Crippen molar-refractivity contribution < 1.29 is 23.8 Å². The van der Waals surface area contributed by atoms with Gasteiger partial charge in [0.15, 0.2) is 17.8 Å². The van der Waals surface area contributed by atoms with Gasteiger partial charge in [0, 0.05) is 30.0 Å². The maximum Gasteiger partial charge on any atom is 0.334 e. The minimum atomic E-state index is -1.07. The lowest BCUT2D eigenvalue weighted by atomic mass is 10.2. The average Bonchev–Trinajstić information content (AvgIpc) is 3.08. The molecule has 2 heterocycles. The molecule has 7 nitrogen and oxygen atoms in total. The number of oxazole rings is 1. The van der Waals surface area contributed by atoms with E-state index in [1.165, 1.54) is 4.90 Å². The third-order valence-electron chi connectivity index (χ3n) is 4.00. The van der Waals surface area contributed by atoms with E-state index >= 15 is 0 Å². The fraction of sp³-hybridized carbons (Fsp3) is 0.353. The Morgan fingerprint density at radius 2 is 2.15 bits per heavy atom.